The van der Waals surface area contributed by atoms with Crippen LogP contribution in [0, 0.1) is 11.3 Å². The fraction of sp³-hybridized carbons (Fsp3) is 0.409. The van der Waals surface area contributed by atoms with Crippen LogP contribution in [0.1, 0.15) is 25.8 Å². The summed E-state index contributed by atoms with van der Waals surface area (Å²) in [7, 11) is 0. The van der Waals surface area contributed by atoms with Crippen molar-refractivity contribution in [2.75, 3.05) is 19.6 Å². The van der Waals surface area contributed by atoms with Crippen LogP contribution in [0.3, 0.4) is 0 Å². The summed E-state index contributed by atoms with van der Waals surface area (Å²) in [6.07, 6.45) is 1.66. The predicted molar refractivity (Wildman–Crippen MR) is 103 cm³/mol. The summed E-state index contributed by atoms with van der Waals surface area (Å²) in [5, 5.41) is 6.57. The summed E-state index contributed by atoms with van der Waals surface area (Å²) in [5.41, 5.74) is 3.34. The molecule has 0 aliphatic carbocycles. The Bertz CT molecular complexity index is 703. The SMILES string of the molecule is CC(C)CNC(=O)[C@@]1(Cc2ccccc2-c2ccccc2)CCNC1. The highest BCUT2D eigenvalue weighted by atomic mass is 16.2. The molecule has 2 aromatic rings. The van der Waals surface area contributed by atoms with Crippen molar-refractivity contribution in [1.29, 1.82) is 0 Å². The first-order chi connectivity index (χ1) is 12.1. The molecule has 25 heavy (non-hydrogen) atoms. The van der Waals surface area contributed by atoms with Gasteiger partial charge in [-0.1, -0.05) is 68.4 Å². The first kappa shape index (κ1) is 17.7. The Morgan fingerprint density at radius 1 is 1.12 bits per heavy atom. The number of carbonyl (C=O) groups is 1. The second-order valence-electron chi connectivity index (χ2n) is 7.51. The zero-order chi connectivity index (χ0) is 17.7. The normalized spacial score (nSPS) is 20.0. The van der Waals surface area contributed by atoms with Gasteiger partial charge in [-0.3, -0.25) is 4.79 Å². The molecule has 3 nitrogen and oxygen atoms in total. The van der Waals surface area contributed by atoms with Gasteiger partial charge in [0, 0.05) is 13.1 Å². The fourth-order valence-electron chi connectivity index (χ4n) is 3.59. The van der Waals surface area contributed by atoms with E-state index in [9.17, 15) is 4.79 Å². The molecular formula is C22H28N2O. The van der Waals surface area contributed by atoms with E-state index in [4.69, 9.17) is 0 Å². The number of nitrogens with one attached hydrogen (secondary N) is 2. The molecule has 0 radical (unpaired) electrons. The molecule has 0 saturated carbocycles. The summed E-state index contributed by atoms with van der Waals surface area (Å²) in [5.74, 6) is 0.654. The Balaban J connectivity index is 1.88. The van der Waals surface area contributed by atoms with E-state index < -0.39 is 0 Å². The van der Waals surface area contributed by atoms with Gasteiger partial charge >= 0.3 is 0 Å². The van der Waals surface area contributed by atoms with Gasteiger partial charge in [0.2, 0.25) is 5.91 Å². The largest absolute Gasteiger partial charge is 0.355 e. The molecular weight excluding hydrogens is 308 g/mol. The van der Waals surface area contributed by atoms with E-state index in [1.165, 1.54) is 16.7 Å². The highest BCUT2D eigenvalue weighted by Gasteiger charge is 2.41. The molecule has 132 valence electrons. The Morgan fingerprint density at radius 2 is 1.84 bits per heavy atom. The van der Waals surface area contributed by atoms with Crippen molar-refractivity contribution in [2.24, 2.45) is 11.3 Å². The van der Waals surface area contributed by atoms with E-state index in [1.54, 1.807) is 0 Å². The number of amides is 1. The van der Waals surface area contributed by atoms with Gasteiger partial charge in [0.25, 0.3) is 0 Å². The van der Waals surface area contributed by atoms with Crippen LogP contribution < -0.4 is 10.6 Å². The molecule has 0 aromatic heterocycles. The van der Waals surface area contributed by atoms with Crippen LogP contribution in [0.25, 0.3) is 11.1 Å². The first-order valence-electron chi connectivity index (χ1n) is 9.23. The molecule has 1 atom stereocenters. The quantitative estimate of drug-likeness (QED) is 0.845. The van der Waals surface area contributed by atoms with E-state index in [2.05, 4.69) is 73.0 Å². The zero-order valence-corrected chi connectivity index (χ0v) is 15.2. The van der Waals surface area contributed by atoms with E-state index in [0.29, 0.717) is 5.92 Å². The number of hydrogen-bond acceptors (Lipinski definition) is 2. The van der Waals surface area contributed by atoms with Gasteiger partial charge in [-0.05, 0) is 42.0 Å². The Kier molecular flexibility index (Phi) is 5.54. The van der Waals surface area contributed by atoms with Crippen molar-refractivity contribution in [1.82, 2.24) is 10.6 Å². The number of rotatable bonds is 6. The van der Waals surface area contributed by atoms with Crippen LogP contribution >= 0.6 is 0 Å². The van der Waals surface area contributed by atoms with E-state index in [-0.39, 0.29) is 11.3 Å². The van der Waals surface area contributed by atoms with Crippen molar-refractivity contribution in [2.45, 2.75) is 26.7 Å². The molecule has 0 spiro atoms. The predicted octanol–water partition coefficient (Wildman–Crippen LogP) is 3.65. The molecule has 1 amide bonds. The zero-order valence-electron chi connectivity index (χ0n) is 15.2. The smallest absolute Gasteiger partial charge is 0.227 e. The summed E-state index contributed by atoms with van der Waals surface area (Å²) in [6, 6.07) is 18.9. The number of carbonyl (C=O) groups excluding carboxylic acids is 1. The van der Waals surface area contributed by atoms with Crippen LogP contribution in [0.15, 0.2) is 54.6 Å². The van der Waals surface area contributed by atoms with Crippen molar-refractivity contribution < 1.29 is 4.79 Å². The highest BCUT2D eigenvalue weighted by molar-refractivity contribution is 5.84. The molecule has 2 aromatic carbocycles. The van der Waals surface area contributed by atoms with E-state index in [1.807, 2.05) is 6.07 Å². The first-order valence-corrected chi connectivity index (χ1v) is 9.23. The number of hydrogen-bond donors (Lipinski definition) is 2. The minimum absolute atomic E-state index is 0.189. The van der Waals surface area contributed by atoms with Gasteiger partial charge in [0.05, 0.1) is 5.41 Å². The maximum Gasteiger partial charge on any atom is 0.227 e. The van der Waals surface area contributed by atoms with Gasteiger partial charge in [-0.2, -0.15) is 0 Å². The lowest BCUT2D eigenvalue weighted by Crippen LogP contribution is -2.45. The molecule has 1 fully saturated rings. The van der Waals surface area contributed by atoms with Gasteiger partial charge in [0.15, 0.2) is 0 Å². The minimum atomic E-state index is -0.347. The van der Waals surface area contributed by atoms with Gasteiger partial charge in [-0.15, -0.1) is 0 Å². The lowest BCUT2D eigenvalue weighted by atomic mass is 9.78. The van der Waals surface area contributed by atoms with Gasteiger partial charge < -0.3 is 10.6 Å². The monoisotopic (exact) mass is 336 g/mol. The molecule has 1 heterocycles. The Hall–Kier alpha value is -2.13. The Morgan fingerprint density at radius 3 is 2.52 bits per heavy atom. The van der Waals surface area contributed by atoms with Gasteiger partial charge in [-0.25, -0.2) is 0 Å². The summed E-state index contributed by atoms with van der Waals surface area (Å²) in [6.45, 7) is 6.65. The topological polar surface area (TPSA) is 41.1 Å². The lowest BCUT2D eigenvalue weighted by molar-refractivity contribution is -0.130. The molecule has 3 rings (SSSR count). The summed E-state index contributed by atoms with van der Waals surface area (Å²) >= 11 is 0. The van der Waals surface area contributed by atoms with Crippen LogP contribution in [0.2, 0.25) is 0 Å². The van der Waals surface area contributed by atoms with Crippen LogP contribution in [-0.2, 0) is 11.2 Å². The average Bonchev–Trinajstić information content (AvgIpc) is 3.10. The van der Waals surface area contributed by atoms with Crippen LogP contribution in [0.5, 0.6) is 0 Å². The fourth-order valence-corrected chi connectivity index (χ4v) is 3.59. The van der Waals surface area contributed by atoms with Crippen molar-refractivity contribution in [3.05, 3.63) is 60.2 Å². The third-order valence-corrected chi connectivity index (χ3v) is 5.03. The molecule has 1 aliphatic rings. The van der Waals surface area contributed by atoms with Crippen LogP contribution in [0.4, 0.5) is 0 Å². The second kappa shape index (κ2) is 7.83. The van der Waals surface area contributed by atoms with Gasteiger partial charge in [0.1, 0.15) is 0 Å². The molecule has 2 N–H and O–H groups in total. The second-order valence-corrected chi connectivity index (χ2v) is 7.51. The molecule has 3 heteroatoms. The maximum atomic E-state index is 13.0. The van der Waals surface area contributed by atoms with Crippen LogP contribution in [-0.4, -0.2) is 25.5 Å². The van der Waals surface area contributed by atoms with Crippen molar-refractivity contribution >= 4 is 5.91 Å². The standard InChI is InChI=1S/C22H28N2O/c1-17(2)15-24-21(25)22(12-13-23-16-22)14-19-10-6-7-11-20(19)18-8-4-3-5-9-18/h3-11,17,23H,12-16H2,1-2H3,(H,24,25)/t22-/m1/s1. The molecule has 1 aliphatic heterocycles. The molecule has 1 saturated heterocycles. The van der Waals surface area contributed by atoms with Crippen molar-refractivity contribution in [3.8, 4) is 11.1 Å². The lowest BCUT2D eigenvalue weighted by Gasteiger charge is -2.28. The highest BCUT2D eigenvalue weighted by Crippen LogP contribution is 2.34. The van der Waals surface area contributed by atoms with Crippen molar-refractivity contribution in [3.63, 3.8) is 0 Å². The summed E-state index contributed by atoms with van der Waals surface area (Å²) < 4.78 is 0. The third kappa shape index (κ3) is 4.10. The summed E-state index contributed by atoms with van der Waals surface area (Å²) in [4.78, 5) is 13.0. The third-order valence-electron chi connectivity index (χ3n) is 5.03. The van der Waals surface area contributed by atoms with E-state index >= 15 is 0 Å². The number of benzene rings is 2. The van der Waals surface area contributed by atoms with E-state index in [0.717, 1.165) is 32.5 Å². The molecule has 0 unspecified atom stereocenters. The molecule has 0 bridgehead atoms. The average molecular weight is 336 g/mol. The minimum Gasteiger partial charge on any atom is -0.355 e. The maximum absolute atomic E-state index is 13.0. The Labute approximate surface area is 150 Å².